The fourth-order valence-corrected chi connectivity index (χ4v) is 1.21. The van der Waals surface area contributed by atoms with Gasteiger partial charge in [-0.05, 0) is 18.2 Å². The second-order valence-corrected chi connectivity index (χ2v) is 2.89. The number of aliphatic hydroxyl groups is 1. The van der Waals surface area contributed by atoms with Crippen molar-refractivity contribution in [2.24, 2.45) is 0 Å². The highest BCUT2D eigenvalue weighted by Crippen LogP contribution is 2.32. The van der Waals surface area contributed by atoms with Crippen LogP contribution in [0.4, 0.5) is 8.78 Å². The number of methoxy groups -OCH3 is 2. The maximum atomic E-state index is 12.3. The van der Waals surface area contributed by atoms with Gasteiger partial charge < -0.3 is 14.6 Å². The maximum Gasteiger partial charge on any atom is 0.268 e. The van der Waals surface area contributed by atoms with Gasteiger partial charge >= 0.3 is 0 Å². The van der Waals surface area contributed by atoms with Crippen LogP contribution in [-0.2, 0) is 0 Å². The van der Waals surface area contributed by atoms with E-state index >= 15 is 0 Å². The van der Waals surface area contributed by atoms with Gasteiger partial charge in [0.15, 0.2) is 0 Å². The highest BCUT2D eigenvalue weighted by molar-refractivity contribution is 5.41. The molecule has 0 bridgehead atoms. The number of aliphatic hydroxyl groups excluding tert-OH is 1. The fraction of sp³-hybridized carbons (Fsp3) is 0.400. The molecule has 0 saturated heterocycles. The minimum absolute atomic E-state index is 0.0202. The third kappa shape index (κ3) is 2.56. The Morgan fingerprint density at radius 2 is 1.87 bits per heavy atom. The zero-order chi connectivity index (χ0) is 11.4. The molecule has 0 aliphatic carbocycles. The van der Waals surface area contributed by atoms with E-state index in [-0.39, 0.29) is 11.3 Å². The monoisotopic (exact) mass is 218 g/mol. The van der Waals surface area contributed by atoms with E-state index in [0.29, 0.717) is 5.75 Å². The van der Waals surface area contributed by atoms with E-state index in [1.54, 1.807) is 6.07 Å². The molecule has 1 aromatic rings. The van der Waals surface area contributed by atoms with Crippen molar-refractivity contribution in [1.29, 1.82) is 0 Å². The molecule has 0 aliphatic heterocycles. The van der Waals surface area contributed by atoms with Gasteiger partial charge in [0.1, 0.15) is 17.6 Å². The van der Waals surface area contributed by atoms with Crippen LogP contribution in [0.15, 0.2) is 18.2 Å². The van der Waals surface area contributed by atoms with E-state index in [4.69, 9.17) is 9.47 Å². The molecule has 3 nitrogen and oxygen atoms in total. The molecule has 0 aromatic heterocycles. The van der Waals surface area contributed by atoms with Crippen molar-refractivity contribution in [1.82, 2.24) is 0 Å². The van der Waals surface area contributed by atoms with Gasteiger partial charge in [-0.2, -0.15) is 0 Å². The van der Waals surface area contributed by atoms with Crippen LogP contribution in [0, 0.1) is 0 Å². The summed E-state index contributed by atoms with van der Waals surface area (Å²) in [5, 5.41) is 9.24. The number of halogens is 2. The first-order valence-electron chi connectivity index (χ1n) is 4.28. The standard InChI is InChI=1S/C10H12F2O3/c1-14-6-3-4-8(15-2)7(5-6)9(13)10(11)12/h3-5,9-10,13H,1-2H3. The molecule has 0 radical (unpaired) electrons. The summed E-state index contributed by atoms with van der Waals surface area (Å²) in [6.45, 7) is 0. The number of benzene rings is 1. The molecule has 0 amide bonds. The summed E-state index contributed by atoms with van der Waals surface area (Å²) in [6, 6.07) is 4.37. The predicted molar refractivity (Wildman–Crippen MR) is 50.5 cm³/mol. The molecule has 1 N–H and O–H groups in total. The van der Waals surface area contributed by atoms with Crippen LogP contribution in [0.1, 0.15) is 11.7 Å². The fourth-order valence-electron chi connectivity index (χ4n) is 1.21. The Bertz CT molecular complexity index is 328. The molecule has 0 aliphatic rings. The summed E-state index contributed by atoms with van der Waals surface area (Å²) < 4.78 is 34.4. The smallest absolute Gasteiger partial charge is 0.268 e. The molecular formula is C10H12F2O3. The Morgan fingerprint density at radius 3 is 2.33 bits per heavy atom. The van der Waals surface area contributed by atoms with Crippen LogP contribution in [0.2, 0.25) is 0 Å². The summed E-state index contributed by atoms with van der Waals surface area (Å²) in [6.07, 6.45) is -4.72. The van der Waals surface area contributed by atoms with Gasteiger partial charge in [-0.3, -0.25) is 0 Å². The second kappa shape index (κ2) is 4.93. The quantitative estimate of drug-likeness (QED) is 0.840. The average Bonchev–Trinajstić information content (AvgIpc) is 2.27. The first-order chi connectivity index (χ1) is 7.10. The number of ether oxygens (including phenoxy) is 2. The van der Waals surface area contributed by atoms with Gasteiger partial charge in [0.05, 0.1) is 14.2 Å². The van der Waals surface area contributed by atoms with E-state index in [1.807, 2.05) is 0 Å². The van der Waals surface area contributed by atoms with Crippen LogP contribution in [0.5, 0.6) is 11.5 Å². The molecule has 1 aromatic carbocycles. The highest BCUT2D eigenvalue weighted by Gasteiger charge is 2.23. The SMILES string of the molecule is COc1ccc(OC)c(C(O)C(F)F)c1. The molecular weight excluding hydrogens is 206 g/mol. The minimum atomic E-state index is -2.86. The van der Waals surface area contributed by atoms with Gasteiger partial charge in [-0.25, -0.2) is 8.78 Å². The topological polar surface area (TPSA) is 38.7 Å². The molecule has 0 saturated carbocycles. The Hall–Kier alpha value is -1.36. The lowest BCUT2D eigenvalue weighted by atomic mass is 10.1. The number of hydrogen-bond donors (Lipinski definition) is 1. The number of rotatable bonds is 4. The van der Waals surface area contributed by atoms with Crippen molar-refractivity contribution in [3.63, 3.8) is 0 Å². The highest BCUT2D eigenvalue weighted by atomic mass is 19.3. The summed E-state index contributed by atoms with van der Waals surface area (Å²) in [5.74, 6) is 0.606. The maximum absolute atomic E-state index is 12.3. The number of hydrogen-bond acceptors (Lipinski definition) is 3. The van der Waals surface area contributed by atoms with Gasteiger partial charge in [0, 0.05) is 5.56 Å². The van der Waals surface area contributed by atoms with Crippen LogP contribution < -0.4 is 9.47 Å². The molecule has 5 heteroatoms. The van der Waals surface area contributed by atoms with Crippen molar-refractivity contribution in [3.05, 3.63) is 23.8 Å². The van der Waals surface area contributed by atoms with Crippen LogP contribution >= 0.6 is 0 Å². The third-order valence-electron chi connectivity index (χ3n) is 1.99. The lowest BCUT2D eigenvalue weighted by Crippen LogP contribution is -2.09. The van der Waals surface area contributed by atoms with Gasteiger partial charge in [-0.1, -0.05) is 0 Å². The van der Waals surface area contributed by atoms with Crippen LogP contribution in [-0.4, -0.2) is 25.8 Å². The average molecular weight is 218 g/mol. The van der Waals surface area contributed by atoms with E-state index in [0.717, 1.165) is 0 Å². The summed E-state index contributed by atoms with van der Waals surface area (Å²) in [4.78, 5) is 0. The third-order valence-corrected chi connectivity index (χ3v) is 1.99. The Balaban J connectivity index is 3.11. The molecule has 0 fully saturated rings. The number of alkyl halides is 2. The van der Waals surface area contributed by atoms with E-state index in [2.05, 4.69) is 0 Å². The molecule has 15 heavy (non-hydrogen) atoms. The lowest BCUT2D eigenvalue weighted by molar-refractivity contribution is -0.00707. The van der Waals surface area contributed by atoms with Crippen LogP contribution in [0.25, 0.3) is 0 Å². The largest absolute Gasteiger partial charge is 0.497 e. The predicted octanol–water partition coefficient (Wildman–Crippen LogP) is 2.00. The van der Waals surface area contributed by atoms with Crippen molar-refractivity contribution < 1.29 is 23.4 Å². The normalized spacial score (nSPS) is 12.7. The zero-order valence-electron chi connectivity index (χ0n) is 8.41. The van der Waals surface area contributed by atoms with E-state index in [1.165, 1.54) is 26.4 Å². The summed E-state index contributed by atoms with van der Waals surface area (Å²) >= 11 is 0. The van der Waals surface area contributed by atoms with Gasteiger partial charge in [0.2, 0.25) is 0 Å². The molecule has 0 heterocycles. The molecule has 84 valence electrons. The van der Waals surface area contributed by atoms with Gasteiger partial charge in [-0.15, -0.1) is 0 Å². The zero-order valence-corrected chi connectivity index (χ0v) is 8.41. The molecule has 1 atom stereocenters. The van der Waals surface area contributed by atoms with Gasteiger partial charge in [0.25, 0.3) is 6.43 Å². The van der Waals surface area contributed by atoms with Crippen molar-refractivity contribution in [3.8, 4) is 11.5 Å². The van der Waals surface area contributed by atoms with E-state index in [9.17, 15) is 13.9 Å². The molecule has 0 spiro atoms. The van der Waals surface area contributed by atoms with Crippen LogP contribution in [0.3, 0.4) is 0 Å². The Kier molecular flexibility index (Phi) is 3.85. The van der Waals surface area contributed by atoms with E-state index < -0.39 is 12.5 Å². The lowest BCUT2D eigenvalue weighted by Gasteiger charge is -2.14. The molecule has 1 rings (SSSR count). The molecule has 1 unspecified atom stereocenters. The Morgan fingerprint density at radius 1 is 1.20 bits per heavy atom. The van der Waals surface area contributed by atoms with Crippen molar-refractivity contribution in [2.45, 2.75) is 12.5 Å². The second-order valence-electron chi connectivity index (χ2n) is 2.89. The summed E-state index contributed by atoms with van der Waals surface area (Å²) in [7, 11) is 2.77. The van der Waals surface area contributed by atoms with Crippen molar-refractivity contribution in [2.75, 3.05) is 14.2 Å². The summed E-state index contributed by atoms with van der Waals surface area (Å²) in [5.41, 5.74) is 0.0202. The van der Waals surface area contributed by atoms with Crippen molar-refractivity contribution >= 4 is 0 Å². The first kappa shape index (κ1) is 11.7. The first-order valence-corrected chi connectivity index (χ1v) is 4.28. The Labute approximate surface area is 86.2 Å². The minimum Gasteiger partial charge on any atom is -0.497 e.